The van der Waals surface area contributed by atoms with E-state index in [-0.39, 0.29) is 30.5 Å². The number of rotatable bonds is 6. The number of ether oxygens (including phenoxy) is 3. The molecule has 1 aromatic rings. The SMILES string of the molecule is COc1ccc(N2C[C@H](NC(=O)NC[C@@H]3CCCO3)CC2=O)cc1OC. The third-order valence-electron chi connectivity index (χ3n) is 4.65. The molecule has 3 amide bonds. The molecule has 0 radical (unpaired) electrons. The Kier molecular flexibility index (Phi) is 5.82. The highest BCUT2D eigenvalue weighted by atomic mass is 16.5. The van der Waals surface area contributed by atoms with Crippen LogP contribution in [0.3, 0.4) is 0 Å². The van der Waals surface area contributed by atoms with Crippen molar-refractivity contribution in [2.24, 2.45) is 0 Å². The van der Waals surface area contributed by atoms with Crippen LogP contribution in [0.5, 0.6) is 11.5 Å². The number of carbonyl (C=O) groups is 2. The van der Waals surface area contributed by atoms with E-state index in [1.54, 1.807) is 37.3 Å². The first-order chi connectivity index (χ1) is 12.6. The van der Waals surface area contributed by atoms with Gasteiger partial charge < -0.3 is 29.7 Å². The van der Waals surface area contributed by atoms with Gasteiger partial charge in [0.1, 0.15) is 0 Å². The molecule has 2 fully saturated rings. The third kappa shape index (κ3) is 4.19. The van der Waals surface area contributed by atoms with Gasteiger partial charge in [0.25, 0.3) is 0 Å². The van der Waals surface area contributed by atoms with E-state index >= 15 is 0 Å². The van der Waals surface area contributed by atoms with Crippen molar-refractivity contribution < 1.29 is 23.8 Å². The molecule has 142 valence electrons. The van der Waals surface area contributed by atoms with Crippen molar-refractivity contribution in [3.63, 3.8) is 0 Å². The summed E-state index contributed by atoms with van der Waals surface area (Å²) in [6.07, 6.45) is 2.36. The molecule has 2 aliphatic heterocycles. The third-order valence-corrected chi connectivity index (χ3v) is 4.65. The number of hydrogen-bond donors (Lipinski definition) is 2. The smallest absolute Gasteiger partial charge is 0.315 e. The summed E-state index contributed by atoms with van der Waals surface area (Å²) >= 11 is 0. The van der Waals surface area contributed by atoms with Crippen molar-refractivity contribution in [3.05, 3.63) is 18.2 Å². The minimum absolute atomic E-state index is 0.0401. The fraction of sp³-hybridized carbons (Fsp3) is 0.556. The highest BCUT2D eigenvalue weighted by Gasteiger charge is 2.32. The van der Waals surface area contributed by atoms with Gasteiger partial charge in [-0.25, -0.2) is 4.79 Å². The number of hydrogen-bond acceptors (Lipinski definition) is 5. The fourth-order valence-electron chi connectivity index (χ4n) is 3.29. The molecule has 8 heteroatoms. The van der Waals surface area contributed by atoms with Crippen LogP contribution in [0, 0.1) is 0 Å². The Morgan fingerprint density at radius 2 is 2.12 bits per heavy atom. The maximum absolute atomic E-state index is 12.3. The van der Waals surface area contributed by atoms with Gasteiger partial charge in [0.05, 0.1) is 26.4 Å². The number of amides is 3. The highest BCUT2D eigenvalue weighted by Crippen LogP contribution is 2.33. The van der Waals surface area contributed by atoms with Gasteiger partial charge in [0, 0.05) is 37.9 Å². The first-order valence-electron chi connectivity index (χ1n) is 8.79. The number of nitrogens with one attached hydrogen (secondary N) is 2. The van der Waals surface area contributed by atoms with Crippen LogP contribution in [0.2, 0.25) is 0 Å². The minimum atomic E-state index is -0.271. The lowest BCUT2D eigenvalue weighted by atomic mass is 10.2. The van der Waals surface area contributed by atoms with Gasteiger partial charge in [-0.15, -0.1) is 0 Å². The van der Waals surface area contributed by atoms with Crippen molar-refractivity contribution in [2.75, 3.05) is 38.8 Å². The molecule has 26 heavy (non-hydrogen) atoms. The Hall–Kier alpha value is -2.48. The fourth-order valence-corrected chi connectivity index (χ4v) is 3.29. The van der Waals surface area contributed by atoms with Gasteiger partial charge in [0.2, 0.25) is 5.91 Å². The number of carbonyl (C=O) groups excluding carboxylic acids is 2. The number of urea groups is 1. The topological polar surface area (TPSA) is 89.1 Å². The van der Waals surface area contributed by atoms with E-state index in [1.165, 1.54) is 0 Å². The molecule has 2 aliphatic rings. The van der Waals surface area contributed by atoms with Crippen molar-refractivity contribution in [3.8, 4) is 11.5 Å². The molecule has 0 saturated carbocycles. The standard InChI is InChI=1S/C18H25N3O5/c1-24-15-6-5-13(9-16(15)25-2)21-11-12(8-17(21)22)20-18(23)19-10-14-4-3-7-26-14/h5-6,9,12,14H,3-4,7-8,10-11H2,1-2H3,(H2,19,20,23)/t12-,14+/m1/s1. The summed E-state index contributed by atoms with van der Waals surface area (Å²) in [7, 11) is 3.11. The van der Waals surface area contributed by atoms with Crippen LogP contribution in [-0.4, -0.2) is 58.0 Å². The zero-order valence-electron chi connectivity index (χ0n) is 15.1. The molecule has 0 bridgehead atoms. The van der Waals surface area contributed by atoms with Gasteiger partial charge in [-0.3, -0.25) is 4.79 Å². The molecule has 2 atom stereocenters. The van der Waals surface area contributed by atoms with Crippen LogP contribution in [0.15, 0.2) is 18.2 Å². The lowest BCUT2D eigenvalue weighted by molar-refractivity contribution is -0.117. The molecule has 2 saturated heterocycles. The summed E-state index contributed by atoms with van der Waals surface area (Å²) in [6.45, 7) is 1.67. The van der Waals surface area contributed by atoms with Crippen molar-refractivity contribution in [2.45, 2.75) is 31.4 Å². The normalized spacial score (nSPS) is 22.4. The second kappa shape index (κ2) is 8.27. The zero-order chi connectivity index (χ0) is 18.5. The Morgan fingerprint density at radius 1 is 1.31 bits per heavy atom. The van der Waals surface area contributed by atoms with Crippen LogP contribution >= 0.6 is 0 Å². The van der Waals surface area contributed by atoms with Crippen LogP contribution in [0.25, 0.3) is 0 Å². The van der Waals surface area contributed by atoms with E-state index in [1.807, 2.05) is 0 Å². The first-order valence-corrected chi connectivity index (χ1v) is 8.79. The van der Waals surface area contributed by atoms with Gasteiger partial charge in [-0.1, -0.05) is 0 Å². The number of nitrogens with zero attached hydrogens (tertiary/aromatic N) is 1. The maximum atomic E-state index is 12.3. The van der Waals surface area contributed by atoms with E-state index in [9.17, 15) is 9.59 Å². The van der Waals surface area contributed by atoms with Crippen molar-refractivity contribution in [1.29, 1.82) is 0 Å². The number of benzene rings is 1. The van der Waals surface area contributed by atoms with Crippen LogP contribution < -0.4 is 25.0 Å². The molecule has 2 N–H and O–H groups in total. The van der Waals surface area contributed by atoms with E-state index in [2.05, 4.69) is 10.6 Å². The molecule has 0 aliphatic carbocycles. The molecule has 0 unspecified atom stereocenters. The summed E-state index contributed by atoms with van der Waals surface area (Å²) in [4.78, 5) is 26.0. The molecule has 0 aromatic heterocycles. The lowest BCUT2D eigenvalue weighted by Gasteiger charge is -2.19. The summed E-state index contributed by atoms with van der Waals surface area (Å²) in [6, 6.07) is 4.82. The van der Waals surface area contributed by atoms with E-state index in [4.69, 9.17) is 14.2 Å². The Bertz CT molecular complexity index is 660. The summed E-state index contributed by atoms with van der Waals surface area (Å²) in [5, 5.41) is 5.67. The molecular weight excluding hydrogens is 338 g/mol. The highest BCUT2D eigenvalue weighted by molar-refractivity contribution is 5.97. The molecule has 0 spiro atoms. The van der Waals surface area contributed by atoms with E-state index in [0.717, 1.165) is 25.1 Å². The first kappa shape index (κ1) is 18.3. The number of methoxy groups -OCH3 is 2. The van der Waals surface area contributed by atoms with E-state index in [0.29, 0.717) is 24.6 Å². The Labute approximate surface area is 152 Å². The zero-order valence-corrected chi connectivity index (χ0v) is 15.1. The van der Waals surface area contributed by atoms with Crippen LogP contribution in [0.1, 0.15) is 19.3 Å². The van der Waals surface area contributed by atoms with Gasteiger partial charge >= 0.3 is 6.03 Å². The Balaban J connectivity index is 1.55. The lowest BCUT2D eigenvalue weighted by Crippen LogP contribution is -2.45. The largest absolute Gasteiger partial charge is 0.493 e. The maximum Gasteiger partial charge on any atom is 0.315 e. The second-order valence-corrected chi connectivity index (χ2v) is 6.43. The molecule has 2 heterocycles. The van der Waals surface area contributed by atoms with Crippen molar-refractivity contribution >= 4 is 17.6 Å². The average molecular weight is 363 g/mol. The Morgan fingerprint density at radius 3 is 2.81 bits per heavy atom. The predicted octanol–water partition coefficient (Wildman–Crippen LogP) is 1.29. The van der Waals surface area contributed by atoms with Crippen molar-refractivity contribution in [1.82, 2.24) is 10.6 Å². The molecular formula is C18H25N3O5. The molecule has 1 aromatic carbocycles. The van der Waals surface area contributed by atoms with E-state index < -0.39 is 0 Å². The summed E-state index contributed by atoms with van der Waals surface area (Å²) in [5.74, 6) is 1.12. The minimum Gasteiger partial charge on any atom is -0.493 e. The molecule has 3 rings (SSSR count). The summed E-state index contributed by atoms with van der Waals surface area (Å²) < 4.78 is 16.0. The molecule has 8 nitrogen and oxygen atoms in total. The second-order valence-electron chi connectivity index (χ2n) is 6.43. The van der Waals surface area contributed by atoms with Gasteiger partial charge in [-0.2, -0.15) is 0 Å². The van der Waals surface area contributed by atoms with Crippen LogP contribution in [-0.2, 0) is 9.53 Å². The average Bonchev–Trinajstić information content (AvgIpc) is 3.29. The predicted molar refractivity (Wildman–Crippen MR) is 95.8 cm³/mol. The van der Waals surface area contributed by atoms with Crippen LogP contribution in [0.4, 0.5) is 10.5 Å². The van der Waals surface area contributed by atoms with Gasteiger partial charge in [-0.05, 0) is 25.0 Å². The quantitative estimate of drug-likeness (QED) is 0.795. The summed E-state index contributed by atoms with van der Waals surface area (Å²) in [5.41, 5.74) is 0.719. The van der Waals surface area contributed by atoms with Gasteiger partial charge in [0.15, 0.2) is 11.5 Å². The monoisotopic (exact) mass is 363 g/mol. The number of anilines is 1.